The molecule has 0 spiro atoms. The van der Waals surface area contributed by atoms with E-state index in [-0.39, 0.29) is 5.56 Å². The van der Waals surface area contributed by atoms with Crippen molar-refractivity contribution in [1.29, 1.82) is 0 Å². The average molecular weight is 571 g/mol. The van der Waals surface area contributed by atoms with Crippen molar-refractivity contribution in [3.63, 3.8) is 0 Å². The van der Waals surface area contributed by atoms with Crippen LogP contribution in [-0.2, 0) is 9.53 Å². The molecule has 0 aromatic heterocycles. The average Bonchev–Trinajstić information content (AvgIpc) is 2.34. The first-order chi connectivity index (χ1) is 8.31. The number of rotatable bonds is 2. The van der Waals surface area contributed by atoms with Crippen LogP contribution in [0.15, 0.2) is 35.0 Å². The molecule has 1 aromatic carbocycles. The highest BCUT2D eigenvalue weighted by molar-refractivity contribution is 9.15. The van der Waals surface area contributed by atoms with Crippen LogP contribution in [-0.4, -0.2) is 11.9 Å². The minimum Gasteiger partial charge on any atom is -0.386 e. The van der Waals surface area contributed by atoms with E-state index in [1.807, 2.05) is 0 Å². The van der Waals surface area contributed by atoms with Crippen molar-refractivity contribution in [3.8, 4) is 0 Å². The van der Waals surface area contributed by atoms with Crippen LogP contribution in [0.3, 0.4) is 0 Å². The lowest BCUT2D eigenvalue weighted by molar-refractivity contribution is -0.132. The minimum atomic E-state index is -0.811. The van der Waals surface area contributed by atoms with Crippen LogP contribution < -0.4 is 0 Å². The van der Waals surface area contributed by atoms with Gasteiger partial charge < -0.3 is 4.74 Å². The Morgan fingerprint density at radius 3 is 1.67 bits per heavy atom. The molecule has 0 fully saturated rings. The molecule has 0 atom stereocenters. The van der Waals surface area contributed by atoms with E-state index in [2.05, 4.69) is 91.0 Å². The monoisotopic (exact) mass is 566 g/mol. The molecule has 0 saturated heterocycles. The van der Waals surface area contributed by atoms with Gasteiger partial charge in [0.2, 0.25) is 0 Å². The molecule has 8 heteroatoms. The molecular weight excluding hydrogens is 568 g/mol. The van der Waals surface area contributed by atoms with Gasteiger partial charge in [0, 0.05) is 28.4 Å². The van der Waals surface area contributed by atoms with Crippen LogP contribution in [0.1, 0.15) is 10.4 Å². The fourth-order valence-corrected chi connectivity index (χ4v) is 4.34. The predicted molar refractivity (Wildman–Crippen MR) is 85.6 cm³/mol. The van der Waals surface area contributed by atoms with Crippen molar-refractivity contribution in [2.24, 2.45) is 0 Å². The maximum Gasteiger partial charge on any atom is 0.348 e. The molecule has 0 amide bonds. The summed E-state index contributed by atoms with van der Waals surface area (Å²) in [7, 11) is 0. The molecule has 0 aliphatic rings. The fourth-order valence-electron chi connectivity index (χ4n) is 0.968. The third-order valence-electron chi connectivity index (χ3n) is 1.77. The first-order valence-electron chi connectivity index (χ1n) is 4.21. The van der Waals surface area contributed by atoms with Gasteiger partial charge in [-0.15, -0.1) is 0 Å². The Bertz CT molecular complexity index is 524. The zero-order valence-electron chi connectivity index (χ0n) is 8.40. The molecule has 18 heavy (non-hydrogen) atoms. The molecule has 0 heterocycles. The quantitative estimate of drug-likeness (QED) is 0.158. The summed E-state index contributed by atoms with van der Waals surface area (Å²) in [5.41, 5.74) is 0.187. The molecule has 0 saturated carbocycles. The summed E-state index contributed by atoms with van der Waals surface area (Å²) in [5.74, 6) is -1.60. The topological polar surface area (TPSA) is 43.4 Å². The van der Waals surface area contributed by atoms with E-state index in [4.69, 9.17) is 0 Å². The molecule has 1 rings (SSSR count). The highest BCUT2D eigenvalue weighted by atomic mass is 79.9. The Morgan fingerprint density at radius 1 is 0.889 bits per heavy atom. The maximum absolute atomic E-state index is 11.9. The van der Waals surface area contributed by atoms with Gasteiger partial charge in [-0.25, -0.2) is 9.59 Å². The number of halogens is 5. The van der Waals surface area contributed by atoms with E-state index >= 15 is 0 Å². The fraction of sp³-hybridized carbons (Fsp3) is 0. The van der Waals surface area contributed by atoms with E-state index in [0.29, 0.717) is 22.4 Å². The summed E-state index contributed by atoms with van der Waals surface area (Å²) in [4.78, 5) is 22.9. The van der Waals surface area contributed by atoms with Crippen molar-refractivity contribution >= 4 is 91.6 Å². The molecule has 0 N–H and O–H groups in total. The summed E-state index contributed by atoms with van der Waals surface area (Å²) < 4.78 is 7.47. The number of hydrogen-bond donors (Lipinski definition) is 0. The molecule has 0 bridgehead atoms. The molecular formula is C10H3Br5O3. The van der Waals surface area contributed by atoms with Gasteiger partial charge in [-0.05, 0) is 79.6 Å². The van der Waals surface area contributed by atoms with Crippen LogP contribution in [0.2, 0.25) is 0 Å². The van der Waals surface area contributed by atoms with Gasteiger partial charge in [0.1, 0.15) is 0 Å². The van der Waals surface area contributed by atoms with Crippen LogP contribution in [0.25, 0.3) is 0 Å². The predicted octanol–water partition coefficient (Wildman–Crippen LogP) is 5.37. The lowest BCUT2D eigenvalue weighted by Gasteiger charge is -2.11. The summed E-state index contributed by atoms with van der Waals surface area (Å²) in [6.45, 7) is 3.23. The van der Waals surface area contributed by atoms with E-state index in [9.17, 15) is 9.59 Å². The first kappa shape index (κ1) is 16.6. The minimum absolute atomic E-state index is 0.187. The molecule has 0 aliphatic heterocycles. The van der Waals surface area contributed by atoms with E-state index < -0.39 is 11.9 Å². The lowest BCUT2D eigenvalue weighted by Crippen LogP contribution is -2.12. The van der Waals surface area contributed by atoms with Crippen LogP contribution in [0, 0.1) is 0 Å². The largest absolute Gasteiger partial charge is 0.386 e. The zero-order valence-corrected chi connectivity index (χ0v) is 16.3. The molecule has 96 valence electrons. The van der Waals surface area contributed by atoms with Crippen molar-refractivity contribution in [1.82, 2.24) is 0 Å². The number of hydrogen-bond acceptors (Lipinski definition) is 3. The number of benzene rings is 1. The molecule has 3 nitrogen and oxygen atoms in total. The van der Waals surface area contributed by atoms with Crippen LogP contribution in [0.4, 0.5) is 0 Å². The van der Waals surface area contributed by atoms with Gasteiger partial charge in [-0.3, -0.25) is 0 Å². The zero-order chi connectivity index (χ0) is 14.0. The maximum atomic E-state index is 11.9. The van der Waals surface area contributed by atoms with Crippen LogP contribution in [0.5, 0.6) is 0 Å². The number of esters is 2. The van der Waals surface area contributed by atoms with Gasteiger partial charge in [-0.2, -0.15) is 0 Å². The number of ether oxygens (including phenoxy) is 1. The second-order valence-electron chi connectivity index (χ2n) is 2.86. The van der Waals surface area contributed by atoms with Crippen molar-refractivity contribution < 1.29 is 14.3 Å². The smallest absolute Gasteiger partial charge is 0.348 e. The van der Waals surface area contributed by atoms with Gasteiger partial charge in [0.25, 0.3) is 0 Å². The van der Waals surface area contributed by atoms with E-state index in [0.717, 1.165) is 6.08 Å². The van der Waals surface area contributed by atoms with Gasteiger partial charge in [0.05, 0.1) is 5.56 Å². The van der Waals surface area contributed by atoms with E-state index in [1.165, 1.54) is 0 Å². The normalized spacial score (nSPS) is 10.1. The summed E-state index contributed by atoms with van der Waals surface area (Å²) in [6, 6.07) is 0. The van der Waals surface area contributed by atoms with Crippen molar-refractivity contribution in [2.75, 3.05) is 0 Å². The Kier molecular flexibility index (Phi) is 6.24. The third kappa shape index (κ3) is 3.33. The second-order valence-corrected chi connectivity index (χ2v) is 6.82. The van der Waals surface area contributed by atoms with Crippen molar-refractivity contribution in [3.05, 3.63) is 40.6 Å². The Morgan fingerprint density at radius 2 is 1.28 bits per heavy atom. The number of carbonyl (C=O) groups is 2. The van der Waals surface area contributed by atoms with Crippen LogP contribution >= 0.6 is 79.6 Å². The third-order valence-corrected chi connectivity index (χ3v) is 7.87. The van der Waals surface area contributed by atoms with E-state index in [1.54, 1.807) is 0 Å². The Balaban J connectivity index is 3.37. The summed E-state index contributed by atoms with van der Waals surface area (Å²) >= 11 is 16.5. The highest BCUT2D eigenvalue weighted by Gasteiger charge is 2.24. The Labute approximate surface area is 145 Å². The van der Waals surface area contributed by atoms with Gasteiger partial charge >= 0.3 is 11.9 Å². The number of carbonyl (C=O) groups excluding carboxylic acids is 2. The molecule has 0 unspecified atom stereocenters. The highest BCUT2D eigenvalue weighted by Crippen LogP contribution is 2.44. The summed E-state index contributed by atoms with van der Waals surface area (Å²) in [5, 5.41) is 0. The van der Waals surface area contributed by atoms with Gasteiger partial charge in [-0.1, -0.05) is 6.58 Å². The van der Waals surface area contributed by atoms with Gasteiger partial charge in [0.15, 0.2) is 0 Å². The molecule has 1 aromatic rings. The van der Waals surface area contributed by atoms with Crippen molar-refractivity contribution in [2.45, 2.75) is 0 Å². The SMILES string of the molecule is C=CC(=O)OC(=O)c1c(Br)c(Br)c(Br)c(Br)c1Br. The Hall–Kier alpha value is 0.500. The lowest BCUT2D eigenvalue weighted by atomic mass is 10.2. The summed E-state index contributed by atoms with van der Waals surface area (Å²) in [6.07, 6.45) is 0.919. The molecule has 0 radical (unpaired) electrons. The second kappa shape index (κ2) is 6.78. The molecule has 0 aliphatic carbocycles. The first-order valence-corrected chi connectivity index (χ1v) is 8.17. The standard InChI is InChI=1S/C10H3Br5O3/c1-2-3(16)18-10(17)4-5(11)7(13)9(15)8(14)6(4)12/h2H,1H2.